The lowest BCUT2D eigenvalue weighted by molar-refractivity contribution is 0.0926. The van der Waals surface area contributed by atoms with Crippen molar-refractivity contribution in [2.24, 2.45) is 0 Å². The number of rotatable bonds is 8. The van der Waals surface area contributed by atoms with Crippen molar-refractivity contribution in [3.05, 3.63) is 115 Å². The number of fused-ring (bicyclic) bond motifs is 1. The average molecular weight is 601 g/mol. The highest BCUT2D eigenvalue weighted by Gasteiger charge is 2.36. The van der Waals surface area contributed by atoms with Gasteiger partial charge in [-0.15, -0.1) is 0 Å². The maximum absolute atomic E-state index is 13.0. The van der Waals surface area contributed by atoms with Crippen molar-refractivity contribution in [1.82, 2.24) is 4.98 Å². The number of aromatic nitrogens is 1. The Balaban J connectivity index is 1.38. The minimum atomic E-state index is -0.364. The number of pyridine rings is 1. The molecule has 1 aliphatic heterocycles. The highest BCUT2D eigenvalue weighted by atomic mass is 35.5. The van der Waals surface area contributed by atoms with Crippen LogP contribution in [-0.2, 0) is 6.54 Å². The van der Waals surface area contributed by atoms with Gasteiger partial charge in [-0.2, -0.15) is 0 Å². The topological polar surface area (TPSA) is 62.7 Å². The van der Waals surface area contributed by atoms with Gasteiger partial charge in [0, 0.05) is 12.6 Å². The molecule has 1 aliphatic rings. The van der Waals surface area contributed by atoms with Gasteiger partial charge in [0.05, 0.1) is 29.0 Å². The molecule has 2 amide bonds. The largest absolute Gasteiger partial charge is 0.492 e. The maximum atomic E-state index is 13.0. The van der Waals surface area contributed by atoms with Crippen LogP contribution in [0.25, 0.3) is 0 Å². The van der Waals surface area contributed by atoms with E-state index in [1.165, 1.54) is 4.90 Å². The molecule has 0 saturated heterocycles. The van der Waals surface area contributed by atoms with E-state index in [1.54, 1.807) is 36.4 Å². The molecule has 0 unspecified atom stereocenters. The van der Waals surface area contributed by atoms with Gasteiger partial charge in [0.15, 0.2) is 10.3 Å². The molecule has 4 aromatic rings. The predicted molar refractivity (Wildman–Crippen MR) is 156 cm³/mol. The van der Waals surface area contributed by atoms with Gasteiger partial charge >= 0.3 is 0 Å². The lowest BCUT2D eigenvalue weighted by Gasteiger charge is -2.27. The van der Waals surface area contributed by atoms with E-state index in [-0.39, 0.29) is 38.8 Å². The summed E-state index contributed by atoms with van der Waals surface area (Å²) in [4.78, 5) is 33.1. The Morgan fingerprint density at radius 2 is 1.41 bits per heavy atom. The van der Waals surface area contributed by atoms with Crippen LogP contribution < -0.4 is 14.5 Å². The summed E-state index contributed by atoms with van der Waals surface area (Å²) in [6.45, 7) is 2.91. The zero-order chi connectivity index (χ0) is 27.7. The quantitative estimate of drug-likeness (QED) is 0.152. The molecular formula is C29H21Cl4N3O3. The molecule has 2 heterocycles. The Labute approximate surface area is 245 Å². The maximum Gasteiger partial charge on any atom is 0.266 e. The minimum absolute atomic E-state index is 0.0457. The third kappa shape index (κ3) is 5.56. The van der Waals surface area contributed by atoms with Crippen LogP contribution in [0.2, 0.25) is 20.4 Å². The lowest BCUT2D eigenvalue weighted by Crippen LogP contribution is -2.30. The second kappa shape index (κ2) is 11.4. The molecule has 3 aromatic carbocycles. The van der Waals surface area contributed by atoms with Crippen LogP contribution in [0.5, 0.6) is 5.75 Å². The number of amides is 2. The third-order valence-corrected chi connectivity index (χ3v) is 7.68. The number of benzene rings is 3. The molecule has 39 heavy (non-hydrogen) atoms. The van der Waals surface area contributed by atoms with E-state index in [4.69, 9.17) is 51.1 Å². The first-order valence-electron chi connectivity index (χ1n) is 12.0. The fraction of sp³-hybridized carbons (Fsp3) is 0.138. The summed E-state index contributed by atoms with van der Waals surface area (Å²) >= 11 is 25.5. The van der Waals surface area contributed by atoms with E-state index in [9.17, 15) is 9.59 Å². The summed E-state index contributed by atoms with van der Waals surface area (Å²) in [6.07, 6.45) is 0. The van der Waals surface area contributed by atoms with E-state index in [0.29, 0.717) is 41.3 Å². The second-order valence-corrected chi connectivity index (χ2v) is 10.4. The van der Waals surface area contributed by atoms with Crippen molar-refractivity contribution < 1.29 is 14.3 Å². The van der Waals surface area contributed by atoms with Gasteiger partial charge < -0.3 is 9.64 Å². The number of halogens is 4. The zero-order valence-corrected chi connectivity index (χ0v) is 23.7. The number of anilines is 2. The third-order valence-electron chi connectivity index (χ3n) is 6.22. The molecule has 0 N–H and O–H groups in total. The van der Waals surface area contributed by atoms with Crippen molar-refractivity contribution in [1.29, 1.82) is 0 Å². The molecule has 0 spiro atoms. The summed E-state index contributed by atoms with van der Waals surface area (Å²) in [5.74, 6) is -0.224. The predicted octanol–water partition coefficient (Wildman–Crippen LogP) is 7.89. The van der Waals surface area contributed by atoms with Gasteiger partial charge in [-0.25, -0.2) is 9.88 Å². The van der Waals surface area contributed by atoms with Crippen LogP contribution in [0, 0.1) is 6.92 Å². The standard InChI is InChI=1S/C29H21Cl4N3O3/c1-17-13-19(36-28(37)21-9-5-6-10-22(21)29(36)38)15-20(14-17)39-12-11-35(16-18-7-3-2-4-8-18)25-23(30)26(32)34-27(33)24(25)31/h2-10,13-15H,11-12,16H2,1H3. The molecule has 0 aliphatic carbocycles. The first-order chi connectivity index (χ1) is 18.7. The van der Waals surface area contributed by atoms with E-state index in [2.05, 4.69) is 4.98 Å². The van der Waals surface area contributed by atoms with Crippen LogP contribution in [0.3, 0.4) is 0 Å². The normalized spacial score (nSPS) is 12.6. The second-order valence-electron chi connectivity index (χ2n) is 8.92. The summed E-state index contributed by atoms with van der Waals surface area (Å²) < 4.78 is 6.11. The molecule has 10 heteroatoms. The van der Waals surface area contributed by atoms with Gasteiger partial charge in [0.25, 0.3) is 11.8 Å². The summed E-state index contributed by atoms with van der Waals surface area (Å²) in [6, 6.07) is 21.8. The van der Waals surface area contributed by atoms with Gasteiger partial charge in [-0.3, -0.25) is 9.59 Å². The number of aryl methyl sites for hydroxylation is 1. The monoisotopic (exact) mass is 599 g/mol. The van der Waals surface area contributed by atoms with Crippen molar-refractivity contribution in [3.8, 4) is 5.75 Å². The molecule has 0 radical (unpaired) electrons. The summed E-state index contributed by atoms with van der Waals surface area (Å²) in [5, 5.41) is 0.463. The van der Waals surface area contributed by atoms with Gasteiger partial charge in [0.1, 0.15) is 22.4 Å². The van der Waals surface area contributed by atoms with Crippen LogP contribution in [-0.4, -0.2) is 29.9 Å². The van der Waals surface area contributed by atoms with Gasteiger partial charge in [-0.1, -0.05) is 88.9 Å². The molecule has 0 fully saturated rings. The number of ether oxygens (including phenoxy) is 1. The number of hydrogen-bond acceptors (Lipinski definition) is 5. The minimum Gasteiger partial charge on any atom is -0.492 e. The van der Waals surface area contributed by atoms with Crippen molar-refractivity contribution in [3.63, 3.8) is 0 Å². The zero-order valence-electron chi connectivity index (χ0n) is 20.6. The van der Waals surface area contributed by atoms with Crippen LogP contribution in [0.1, 0.15) is 31.8 Å². The van der Waals surface area contributed by atoms with E-state index < -0.39 is 0 Å². The molecule has 1 aromatic heterocycles. The molecular weight excluding hydrogens is 580 g/mol. The number of nitrogens with zero attached hydrogens (tertiary/aromatic N) is 3. The number of carbonyl (C=O) groups excluding carboxylic acids is 2. The van der Waals surface area contributed by atoms with Gasteiger partial charge in [-0.05, 0) is 42.3 Å². The van der Waals surface area contributed by atoms with E-state index in [0.717, 1.165) is 11.1 Å². The highest BCUT2D eigenvalue weighted by molar-refractivity contribution is 6.48. The molecule has 6 nitrogen and oxygen atoms in total. The molecule has 198 valence electrons. The van der Waals surface area contributed by atoms with E-state index in [1.807, 2.05) is 48.2 Å². The number of carbonyl (C=O) groups is 2. The van der Waals surface area contributed by atoms with Crippen LogP contribution >= 0.6 is 46.4 Å². The Morgan fingerprint density at radius 3 is 2.03 bits per heavy atom. The molecule has 0 saturated carbocycles. The van der Waals surface area contributed by atoms with Crippen LogP contribution in [0.4, 0.5) is 11.4 Å². The number of imide groups is 1. The average Bonchev–Trinajstić information content (AvgIpc) is 3.17. The molecule has 0 bridgehead atoms. The van der Waals surface area contributed by atoms with Crippen molar-refractivity contribution >= 4 is 69.6 Å². The molecule has 5 rings (SSSR count). The van der Waals surface area contributed by atoms with Crippen LogP contribution in [0.15, 0.2) is 72.8 Å². The SMILES string of the molecule is Cc1cc(OCCN(Cc2ccccc2)c2c(Cl)c(Cl)nc(Cl)c2Cl)cc(N2C(=O)c3ccccc3C2=O)c1. The summed E-state index contributed by atoms with van der Waals surface area (Å²) in [5.41, 5.74) is 3.50. The highest BCUT2D eigenvalue weighted by Crippen LogP contribution is 2.42. The fourth-order valence-electron chi connectivity index (χ4n) is 4.47. The number of hydrogen-bond donors (Lipinski definition) is 0. The first kappa shape index (κ1) is 27.3. The molecule has 0 atom stereocenters. The fourth-order valence-corrected chi connectivity index (χ4v) is 5.42. The first-order valence-corrected chi connectivity index (χ1v) is 13.5. The van der Waals surface area contributed by atoms with Crippen molar-refractivity contribution in [2.75, 3.05) is 23.0 Å². The van der Waals surface area contributed by atoms with Crippen molar-refractivity contribution in [2.45, 2.75) is 13.5 Å². The Morgan fingerprint density at radius 1 is 0.821 bits per heavy atom. The summed E-state index contributed by atoms with van der Waals surface area (Å²) in [7, 11) is 0. The Bertz CT molecular complexity index is 1520. The van der Waals surface area contributed by atoms with E-state index >= 15 is 0 Å². The Kier molecular flexibility index (Phi) is 8.01. The smallest absolute Gasteiger partial charge is 0.266 e. The Hall–Kier alpha value is -3.29. The lowest BCUT2D eigenvalue weighted by atomic mass is 10.1. The van der Waals surface area contributed by atoms with Gasteiger partial charge in [0.2, 0.25) is 0 Å².